The predicted molar refractivity (Wildman–Crippen MR) is 92.7 cm³/mol. The smallest absolute Gasteiger partial charge is 0.123 e. The number of hydrogen-bond donors (Lipinski definition) is 1. The van der Waals surface area contributed by atoms with E-state index in [4.69, 9.17) is 17.3 Å². The molecular formula is C15H16Cl3N3. The molecule has 0 aliphatic rings. The summed E-state index contributed by atoms with van der Waals surface area (Å²) < 4.78 is 2.14. The van der Waals surface area contributed by atoms with Gasteiger partial charge in [0, 0.05) is 11.6 Å². The van der Waals surface area contributed by atoms with Crippen molar-refractivity contribution >= 4 is 47.4 Å². The summed E-state index contributed by atoms with van der Waals surface area (Å²) in [5.74, 6) is 0.890. The van der Waals surface area contributed by atoms with Crippen LogP contribution in [0.2, 0.25) is 5.02 Å². The second-order valence-corrected chi connectivity index (χ2v) is 4.87. The van der Waals surface area contributed by atoms with Crippen molar-refractivity contribution < 1.29 is 0 Å². The molecule has 0 fully saturated rings. The molecular weight excluding hydrogens is 329 g/mol. The van der Waals surface area contributed by atoms with Crippen molar-refractivity contribution in [1.29, 1.82) is 0 Å². The third-order valence-corrected chi connectivity index (χ3v) is 3.38. The van der Waals surface area contributed by atoms with Crippen LogP contribution in [0.1, 0.15) is 11.4 Å². The highest BCUT2D eigenvalue weighted by molar-refractivity contribution is 6.30. The first-order valence-electron chi connectivity index (χ1n) is 6.16. The summed E-state index contributed by atoms with van der Waals surface area (Å²) in [6.45, 7) is 1.16. The fourth-order valence-electron chi connectivity index (χ4n) is 2.28. The maximum atomic E-state index is 6.03. The van der Waals surface area contributed by atoms with E-state index in [-0.39, 0.29) is 24.8 Å². The van der Waals surface area contributed by atoms with Crippen molar-refractivity contribution in [1.82, 2.24) is 9.55 Å². The summed E-state index contributed by atoms with van der Waals surface area (Å²) in [5, 5.41) is 0.746. The number of nitrogens with two attached hydrogens (primary N) is 1. The Kier molecular flexibility index (Phi) is 6.49. The van der Waals surface area contributed by atoms with Gasteiger partial charge in [0.15, 0.2) is 0 Å². The molecule has 0 spiro atoms. The summed E-state index contributed by atoms with van der Waals surface area (Å²) in [7, 11) is 0. The lowest BCUT2D eigenvalue weighted by molar-refractivity contribution is 0.744. The Balaban J connectivity index is 0.00000110. The monoisotopic (exact) mass is 343 g/mol. The van der Waals surface area contributed by atoms with Crippen LogP contribution in [-0.4, -0.2) is 9.55 Å². The summed E-state index contributed by atoms with van der Waals surface area (Å²) in [4.78, 5) is 4.55. The zero-order valence-corrected chi connectivity index (χ0v) is 13.6. The Hall–Kier alpha value is -1.26. The van der Waals surface area contributed by atoms with Crippen LogP contribution >= 0.6 is 36.4 Å². The van der Waals surface area contributed by atoms with Crippen LogP contribution < -0.4 is 5.73 Å². The van der Waals surface area contributed by atoms with E-state index in [9.17, 15) is 0 Å². The number of fused-ring (bicyclic) bond motifs is 1. The van der Waals surface area contributed by atoms with Gasteiger partial charge in [0.2, 0.25) is 0 Å². The van der Waals surface area contributed by atoms with Crippen LogP contribution in [0, 0.1) is 0 Å². The van der Waals surface area contributed by atoms with E-state index >= 15 is 0 Å². The third kappa shape index (κ3) is 3.69. The van der Waals surface area contributed by atoms with E-state index in [0.29, 0.717) is 6.54 Å². The number of aromatic nitrogens is 2. The molecule has 0 aliphatic carbocycles. The molecule has 0 unspecified atom stereocenters. The molecule has 2 N–H and O–H groups in total. The lowest BCUT2D eigenvalue weighted by Gasteiger charge is -2.08. The largest absolute Gasteiger partial charge is 0.324 e. The number of hydrogen-bond acceptors (Lipinski definition) is 2. The van der Waals surface area contributed by atoms with Gasteiger partial charge in [-0.1, -0.05) is 35.9 Å². The van der Waals surface area contributed by atoms with Gasteiger partial charge < -0.3 is 10.3 Å². The van der Waals surface area contributed by atoms with Gasteiger partial charge >= 0.3 is 0 Å². The van der Waals surface area contributed by atoms with Crippen LogP contribution in [0.15, 0.2) is 48.5 Å². The first-order valence-corrected chi connectivity index (χ1v) is 6.54. The molecule has 0 radical (unpaired) electrons. The molecule has 0 saturated heterocycles. The Morgan fingerprint density at radius 1 is 1.05 bits per heavy atom. The lowest BCUT2D eigenvalue weighted by Crippen LogP contribution is -2.09. The van der Waals surface area contributed by atoms with E-state index in [0.717, 1.165) is 34.0 Å². The molecule has 0 bridgehead atoms. The first-order chi connectivity index (χ1) is 9.28. The maximum absolute atomic E-state index is 6.03. The summed E-state index contributed by atoms with van der Waals surface area (Å²) in [6, 6.07) is 15.9. The standard InChI is InChI=1S/C15H14ClN3.2ClH/c16-12-5-3-4-11(8-12)10-19-14-7-2-1-6-13(14)18-15(19)9-17;;/h1-8H,9-10,17H2;2*1H. The average Bonchev–Trinajstić information content (AvgIpc) is 2.77. The predicted octanol–water partition coefficient (Wildman–Crippen LogP) is 4.04. The maximum Gasteiger partial charge on any atom is 0.123 e. The van der Waals surface area contributed by atoms with Crippen molar-refractivity contribution in [2.45, 2.75) is 13.1 Å². The molecule has 112 valence electrons. The molecule has 0 amide bonds. The van der Waals surface area contributed by atoms with Crippen LogP contribution in [0.5, 0.6) is 0 Å². The molecule has 0 saturated carbocycles. The van der Waals surface area contributed by atoms with Crippen molar-refractivity contribution in [3.63, 3.8) is 0 Å². The van der Waals surface area contributed by atoms with Crippen molar-refractivity contribution in [3.8, 4) is 0 Å². The molecule has 0 atom stereocenters. The van der Waals surface area contributed by atoms with Gasteiger partial charge in [0.05, 0.1) is 17.6 Å². The van der Waals surface area contributed by atoms with Crippen LogP contribution in [0.4, 0.5) is 0 Å². The Morgan fingerprint density at radius 3 is 2.52 bits per heavy atom. The topological polar surface area (TPSA) is 43.8 Å². The molecule has 1 aromatic heterocycles. The molecule has 1 heterocycles. The minimum Gasteiger partial charge on any atom is -0.324 e. The van der Waals surface area contributed by atoms with Crippen LogP contribution in [0.25, 0.3) is 11.0 Å². The molecule has 21 heavy (non-hydrogen) atoms. The van der Waals surface area contributed by atoms with E-state index in [1.165, 1.54) is 0 Å². The summed E-state index contributed by atoms with van der Waals surface area (Å²) in [5.41, 5.74) is 9.01. The minimum atomic E-state index is 0. The lowest BCUT2D eigenvalue weighted by atomic mass is 10.2. The van der Waals surface area contributed by atoms with Crippen LogP contribution in [0.3, 0.4) is 0 Å². The Bertz CT molecular complexity index is 725. The fourth-order valence-corrected chi connectivity index (χ4v) is 2.49. The SMILES string of the molecule is Cl.Cl.NCc1nc2ccccc2n1Cc1cccc(Cl)c1. The van der Waals surface area contributed by atoms with Gasteiger partial charge in [0.25, 0.3) is 0 Å². The molecule has 6 heteroatoms. The van der Waals surface area contributed by atoms with Crippen molar-refractivity contribution in [3.05, 3.63) is 64.9 Å². The number of halogens is 3. The zero-order valence-electron chi connectivity index (χ0n) is 11.2. The molecule has 3 aromatic rings. The van der Waals surface area contributed by atoms with Crippen molar-refractivity contribution in [2.24, 2.45) is 5.73 Å². The number of rotatable bonds is 3. The van der Waals surface area contributed by atoms with Crippen LogP contribution in [-0.2, 0) is 13.1 Å². The molecule has 3 nitrogen and oxygen atoms in total. The van der Waals surface area contributed by atoms with E-state index < -0.39 is 0 Å². The van der Waals surface area contributed by atoms with Gasteiger partial charge in [-0.3, -0.25) is 0 Å². The zero-order chi connectivity index (χ0) is 13.2. The van der Waals surface area contributed by atoms with E-state index in [1.807, 2.05) is 36.4 Å². The normalized spacial score (nSPS) is 10.0. The van der Waals surface area contributed by atoms with Crippen molar-refractivity contribution in [2.75, 3.05) is 0 Å². The highest BCUT2D eigenvalue weighted by atomic mass is 35.5. The third-order valence-electron chi connectivity index (χ3n) is 3.15. The Morgan fingerprint density at radius 2 is 1.81 bits per heavy atom. The van der Waals surface area contributed by atoms with Gasteiger partial charge in [-0.15, -0.1) is 24.8 Å². The number of benzene rings is 2. The average molecular weight is 345 g/mol. The van der Waals surface area contributed by atoms with Gasteiger partial charge in [-0.05, 0) is 29.8 Å². The minimum absolute atomic E-state index is 0. The second-order valence-electron chi connectivity index (χ2n) is 4.44. The fraction of sp³-hybridized carbons (Fsp3) is 0.133. The van der Waals surface area contributed by atoms with E-state index in [2.05, 4.69) is 21.7 Å². The molecule has 3 rings (SSSR count). The number of para-hydroxylation sites is 2. The number of imidazole rings is 1. The Labute approximate surface area is 140 Å². The number of nitrogens with zero attached hydrogens (tertiary/aromatic N) is 2. The van der Waals surface area contributed by atoms with Gasteiger partial charge in [0.1, 0.15) is 5.82 Å². The summed E-state index contributed by atoms with van der Waals surface area (Å²) >= 11 is 6.03. The van der Waals surface area contributed by atoms with Gasteiger partial charge in [-0.25, -0.2) is 4.98 Å². The van der Waals surface area contributed by atoms with E-state index in [1.54, 1.807) is 0 Å². The second kappa shape index (κ2) is 7.66. The van der Waals surface area contributed by atoms with Gasteiger partial charge in [-0.2, -0.15) is 0 Å². The highest BCUT2D eigenvalue weighted by Crippen LogP contribution is 2.19. The first kappa shape index (κ1) is 17.8. The molecule has 0 aliphatic heterocycles. The quantitative estimate of drug-likeness (QED) is 0.779. The highest BCUT2D eigenvalue weighted by Gasteiger charge is 2.09. The molecule has 2 aromatic carbocycles. The summed E-state index contributed by atoms with van der Waals surface area (Å²) in [6.07, 6.45) is 0.